The molecule has 1 aromatic rings. The Labute approximate surface area is 131 Å². The number of halogens is 2. The van der Waals surface area contributed by atoms with Gasteiger partial charge in [-0.05, 0) is 47.6 Å². The Balaban J connectivity index is 2.38. The average molecular weight is 310 g/mol. The summed E-state index contributed by atoms with van der Waals surface area (Å²) in [5.41, 5.74) is 4.78. The highest BCUT2D eigenvalue weighted by Gasteiger charge is 2.21. The van der Waals surface area contributed by atoms with Crippen molar-refractivity contribution >= 4 is 34.5 Å². The van der Waals surface area contributed by atoms with Crippen molar-refractivity contribution in [2.45, 2.75) is 26.7 Å². The number of anilines is 1. The fourth-order valence-corrected chi connectivity index (χ4v) is 3.28. The van der Waals surface area contributed by atoms with Gasteiger partial charge in [-0.15, -0.1) is 0 Å². The van der Waals surface area contributed by atoms with Crippen molar-refractivity contribution in [3.8, 4) is 0 Å². The van der Waals surface area contributed by atoms with Gasteiger partial charge in [0.1, 0.15) is 0 Å². The lowest BCUT2D eigenvalue weighted by atomic mass is 9.88. The number of hydrogen-bond acceptors (Lipinski definition) is 1. The molecule has 0 bridgehead atoms. The lowest BCUT2D eigenvalue weighted by Gasteiger charge is -2.23. The van der Waals surface area contributed by atoms with E-state index in [0.717, 1.165) is 28.5 Å². The SMILES string of the molecule is CC(C)C1=C(Cl)C(Cl)=C(c2ccc(N(C)C)cc2)CC1. The molecule has 108 valence electrons. The number of benzene rings is 1. The fraction of sp³-hybridized carbons (Fsp3) is 0.412. The predicted molar refractivity (Wildman–Crippen MR) is 90.5 cm³/mol. The molecule has 1 nitrogen and oxygen atoms in total. The molecular formula is C17H21Cl2N. The normalized spacial score (nSPS) is 16.1. The maximum atomic E-state index is 6.49. The van der Waals surface area contributed by atoms with Gasteiger partial charge >= 0.3 is 0 Å². The number of rotatable bonds is 3. The lowest BCUT2D eigenvalue weighted by molar-refractivity contribution is 0.709. The Hall–Kier alpha value is -0.920. The molecule has 0 N–H and O–H groups in total. The molecule has 20 heavy (non-hydrogen) atoms. The van der Waals surface area contributed by atoms with Gasteiger partial charge in [0.15, 0.2) is 0 Å². The van der Waals surface area contributed by atoms with Crippen molar-refractivity contribution in [2.75, 3.05) is 19.0 Å². The number of nitrogens with zero attached hydrogens (tertiary/aromatic N) is 1. The van der Waals surface area contributed by atoms with Crippen LogP contribution < -0.4 is 4.90 Å². The van der Waals surface area contributed by atoms with Gasteiger partial charge in [-0.25, -0.2) is 0 Å². The summed E-state index contributed by atoms with van der Waals surface area (Å²) in [6.07, 6.45) is 1.96. The van der Waals surface area contributed by atoms with Crippen LogP contribution in [0.25, 0.3) is 5.57 Å². The Morgan fingerprint density at radius 3 is 2.05 bits per heavy atom. The third-order valence-corrected chi connectivity index (χ3v) is 4.76. The molecule has 0 spiro atoms. The first-order valence-electron chi connectivity index (χ1n) is 6.97. The van der Waals surface area contributed by atoms with E-state index in [9.17, 15) is 0 Å². The van der Waals surface area contributed by atoms with Gasteiger partial charge < -0.3 is 4.90 Å². The molecule has 0 fully saturated rings. The molecule has 1 aliphatic rings. The van der Waals surface area contributed by atoms with Crippen molar-refractivity contribution in [2.24, 2.45) is 5.92 Å². The van der Waals surface area contributed by atoms with Crippen LogP contribution in [0.5, 0.6) is 0 Å². The van der Waals surface area contributed by atoms with Gasteiger partial charge in [0.25, 0.3) is 0 Å². The Bertz CT molecular complexity index is 551. The quantitative estimate of drug-likeness (QED) is 0.698. The van der Waals surface area contributed by atoms with Gasteiger partial charge in [-0.3, -0.25) is 0 Å². The van der Waals surface area contributed by atoms with E-state index in [1.165, 1.54) is 16.8 Å². The zero-order valence-electron chi connectivity index (χ0n) is 12.5. The van der Waals surface area contributed by atoms with Crippen LogP contribution in [0.3, 0.4) is 0 Å². The second-order valence-electron chi connectivity index (χ2n) is 5.73. The molecule has 0 saturated carbocycles. The smallest absolute Gasteiger partial charge is 0.0630 e. The van der Waals surface area contributed by atoms with E-state index in [1.807, 2.05) is 14.1 Å². The molecule has 1 aromatic carbocycles. The van der Waals surface area contributed by atoms with Crippen molar-refractivity contribution in [1.29, 1.82) is 0 Å². The van der Waals surface area contributed by atoms with E-state index in [0.29, 0.717) is 5.92 Å². The van der Waals surface area contributed by atoms with Crippen LogP contribution in [0.4, 0.5) is 5.69 Å². The standard InChI is InChI=1S/C17H21Cl2N/c1-11(2)14-9-10-15(17(19)16(14)18)12-5-7-13(8-6-12)20(3)4/h5-8,11H,9-10H2,1-4H3. The third-order valence-electron chi connectivity index (χ3n) is 3.81. The van der Waals surface area contributed by atoms with E-state index in [-0.39, 0.29) is 0 Å². The molecule has 0 unspecified atom stereocenters. The Morgan fingerprint density at radius 1 is 0.950 bits per heavy atom. The molecule has 0 aliphatic heterocycles. The van der Waals surface area contributed by atoms with Crippen LogP contribution in [0.15, 0.2) is 39.9 Å². The van der Waals surface area contributed by atoms with Crippen LogP contribution in [0, 0.1) is 5.92 Å². The predicted octanol–water partition coefficient (Wildman–Crippen LogP) is 5.65. The van der Waals surface area contributed by atoms with Crippen molar-refractivity contribution < 1.29 is 0 Å². The summed E-state index contributed by atoms with van der Waals surface area (Å²) in [5.74, 6) is 0.453. The van der Waals surface area contributed by atoms with Crippen LogP contribution in [0.2, 0.25) is 0 Å². The maximum Gasteiger partial charge on any atom is 0.0630 e. The van der Waals surface area contributed by atoms with E-state index >= 15 is 0 Å². The molecule has 0 amide bonds. The Kier molecular flexibility index (Phi) is 4.82. The first-order chi connectivity index (χ1) is 9.41. The average Bonchev–Trinajstić information content (AvgIpc) is 2.41. The third kappa shape index (κ3) is 3.05. The highest BCUT2D eigenvalue weighted by Crippen LogP contribution is 2.42. The van der Waals surface area contributed by atoms with Gasteiger partial charge in [0.05, 0.1) is 10.1 Å². The molecule has 0 saturated heterocycles. The van der Waals surface area contributed by atoms with Gasteiger partial charge in [-0.2, -0.15) is 0 Å². The molecule has 2 rings (SSSR count). The summed E-state index contributed by atoms with van der Waals surface area (Å²) in [5, 5.41) is 1.47. The summed E-state index contributed by atoms with van der Waals surface area (Å²) in [6.45, 7) is 4.33. The summed E-state index contributed by atoms with van der Waals surface area (Å²) in [4.78, 5) is 2.09. The molecular weight excluding hydrogens is 289 g/mol. The minimum absolute atomic E-state index is 0.453. The number of allylic oxidation sites excluding steroid dienone is 4. The van der Waals surface area contributed by atoms with E-state index in [4.69, 9.17) is 23.2 Å². The highest BCUT2D eigenvalue weighted by atomic mass is 35.5. The molecule has 0 aromatic heterocycles. The largest absolute Gasteiger partial charge is 0.378 e. The summed E-state index contributed by atoms with van der Waals surface area (Å²) >= 11 is 12.9. The van der Waals surface area contributed by atoms with Gasteiger partial charge in [0, 0.05) is 19.8 Å². The number of hydrogen-bond donors (Lipinski definition) is 0. The van der Waals surface area contributed by atoms with E-state index < -0.39 is 0 Å². The van der Waals surface area contributed by atoms with Crippen molar-refractivity contribution in [3.63, 3.8) is 0 Å². The summed E-state index contributed by atoms with van der Waals surface area (Å²) in [6, 6.07) is 8.47. The molecule has 0 heterocycles. The molecule has 0 atom stereocenters. The minimum atomic E-state index is 0.453. The van der Waals surface area contributed by atoms with Crippen LogP contribution >= 0.6 is 23.2 Å². The Morgan fingerprint density at radius 2 is 1.55 bits per heavy atom. The van der Waals surface area contributed by atoms with Crippen molar-refractivity contribution in [3.05, 3.63) is 45.5 Å². The molecule has 3 heteroatoms. The molecule has 1 aliphatic carbocycles. The van der Waals surface area contributed by atoms with E-state index in [2.05, 4.69) is 43.0 Å². The monoisotopic (exact) mass is 309 g/mol. The molecule has 0 radical (unpaired) electrons. The van der Waals surface area contributed by atoms with E-state index in [1.54, 1.807) is 0 Å². The fourth-order valence-electron chi connectivity index (χ4n) is 2.53. The first kappa shape index (κ1) is 15.5. The second-order valence-corrected chi connectivity index (χ2v) is 6.48. The topological polar surface area (TPSA) is 3.24 Å². The summed E-state index contributed by atoms with van der Waals surface area (Å²) < 4.78 is 0. The maximum absolute atomic E-state index is 6.49. The van der Waals surface area contributed by atoms with Crippen LogP contribution in [-0.2, 0) is 0 Å². The van der Waals surface area contributed by atoms with Gasteiger partial charge in [0.2, 0.25) is 0 Å². The lowest BCUT2D eigenvalue weighted by Crippen LogP contribution is -2.08. The zero-order valence-corrected chi connectivity index (χ0v) is 14.0. The van der Waals surface area contributed by atoms with Gasteiger partial charge in [-0.1, -0.05) is 49.2 Å². The zero-order chi connectivity index (χ0) is 14.9. The highest BCUT2D eigenvalue weighted by molar-refractivity contribution is 6.46. The minimum Gasteiger partial charge on any atom is -0.378 e. The second kappa shape index (κ2) is 6.24. The van der Waals surface area contributed by atoms with Crippen LogP contribution in [0.1, 0.15) is 32.3 Å². The van der Waals surface area contributed by atoms with Crippen LogP contribution in [-0.4, -0.2) is 14.1 Å². The summed E-state index contributed by atoms with van der Waals surface area (Å²) in [7, 11) is 4.08. The first-order valence-corrected chi connectivity index (χ1v) is 7.72. The van der Waals surface area contributed by atoms with Crippen molar-refractivity contribution in [1.82, 2.24) is 0 Å².